The number of primary sulfonamides is 1. The first-order valence-corrected chi connectivity index (χ1v) is 12.4. The number of Topliss-reactive ketones (excluding diaryl/α,β-unsaturated/α-hetero) is 1. The molecule has 10 nitrogen and oxygen atoms in total. The number of hydrogen-bond acceptors (Lipinski definition) is 8. The number of carbonyl (C=O) groups excluding carboxylic acids is 1. The van der Waals surface area contributed by atoms with E-state index in [0.717, 1.165) is 4.47 Å². The summed E-state index contributed by atoms with van der Waals surface area (Å²) in [5.41, 5.74) is 2.39. The minimum Gasteiger partial charge on any atom is -0.293 e. The van der Waals surface area contributed by atoms with Crippen molar-refractivity contribution in [3.8, 4) is 17.2 Å². The van der Waals surface area contributed by atoms with Crippen LogP contribution in [0, 0.1) is 6.92 Å². The van der Waals surface area contributed by atoms with Gasteiger partial charge in [-0.2, -0.15) is 4.98 Å². The van der Waals surface area contributed by atoms with Gasteiger partial charge in [-0.1, -0.05) is 45.0 Å². The molecule has 164 valence electrons. The molecule has 0 aliphatic carbocycles. The van der Waals surface area contributed by atoms with E-state index in [-0.39, 0.29) is 16.4 Å². The zero-order valence-corrected chi connectivity index (χ0v) is 19.8. The number of carbonyl (C=O) groups is 1. The molecule has 3 N–H and O–H groups in total. The largest absolute Gasteiger partial charge is 0.293 e. The Hall–Kier alpha value is -2.87. The van der Waals surface area contributed by atoms with E-state index in [1.165, 1.54) is 23.9 Å². The molecule has 0 aliphatic heterocycles. The summed E-state index contributed by atoms with van der Waals surface area (Å²) in [5, 5.41) is 20.8. The highest BCUT2D eigenvalue weighted by Crippen LogP contribution is 2.23. The molecule has 0 bridgehead atoms. The molecule has 0 saturated heterocycles. The van der Waals surface area contributed by atoms with Gasteiger partial charge in [-0.25, -0.2) is 18.2 Å². The predicted molar refractivity (Wildman–Crippen MR) is 122 cm³/mol. The molecule has 0 atom stereocenters. The lowest BCUT2D eigenvalue weighted by Gasteiger charge is -2.04. The van der Waals surface area contributed by atoms with Crippen LogP contribution in [0.15, 0.2) is 63.1 Å². The molecular weight excluding hydrogens is 518 g/mol. The molecule has 0 radical (unpaired) electrons. The second kappa shape index (κ2) is 8.94. The average molecular weight is 534 g/mol. The van der Waals surface area contributed by atoms with Crippen LogP contribution in [-0.4, -0.2) is 50.1 Å². The van der Waals surface area contributed by atoms with Crippen molar-refractivity contribution in [3.05, 3.63) is 64.3 Å². The minimum absolute atomic E-state index is 0.00817. The molecule has 32 heavy (non-hydrogen) atoms. The van der Waals surface area contributed by atoms with Crippen LogP contribution in [0.4, 0.5) is 0 Å². The number of hydrogen-bond donors (Lipinski definition) is 2. The molecular formula is C19H16BrN7O3S2. The number of thioether (sulfide) groups is 1. The van der Waals surface area contributed by atoms with Gasteiger partial charge in [-0.05, 0) is 43.3 Å². The van der Waals surface area contributed by atoms with Crippen molar-refractivity contribution in [1.29, 1.82) is 0 Å². The standard InChI is InChI=1S/C19H16BrN7O3S2/c1-11-17(23-26-27(11)14-6-8-15(9-7-14)32(21,29)30)18-22-19(25-24-18)31-10-16(28)12-2-4-13(20)5-3-12/h2-9H,10H2,1H3,(H2,21,29,30)(H,22,24,25). The van der Waals surface area contributed by atoms with E-state index >= 15 is 0 Å². The first-order valence-electron chi connectivity index (χ1n) is 9.12. The molecule has 4 rings (SSSR count). The molecule has 0 amide bonds. The van der Waals surface area contributed by atoms with E-state index in [2.05, 4.69) is 41.4 Å². The molecule has 0 fully saturated rings. The predicted octanol–water partition coefficient (Wildman–Crippen LogP) is 2.75. The van der Waals surface area contributed by atoms with Crippen LogP contribution in [0.25, 0.3) is 17.2 Å². The molecule has 0 aliphatic rings. The van der Waals surface area contributed by atoms with Crippen molar-refractivity contribution >= 4 is 43.5 Å². The number of H-pyrrole nitrogens is 1. The minimum atomic E-state index is -3.78. The van der Waals surface area contributed by atoms with Gasteiger partial charge in [0, 0.05) is 10.0 Å². The maximum absolute atomic E-state index is 12.3. The number of benzene rings is 2. The van der Waals surface area contributed by atoms with Crippen LogP contribution in [0.3, 0.4) is 0 Å². The van der Waals surface area contributed by atoms with E-state index in [9.17, 15) is 13.2 Å². The Morgan fingerprint density at radius 2 is 1.84 bits per heavy atom. The van der Waals surface area contributed by atoms with Gasteiger partial charge in [0.25, 0.3) is 0 Å². The van der Waals surface area contributed by atoms with E-state index in [1.54, 1.807) is 35.9 Å². The first-order chi connectivity index (χ1) is 15.2. The topological polar surface area (TPSA) is 150 Å². The summed E-state index contributed by atoms with van der Waals surface area (Å²) in [7, 11) is -3.78. The molecule has 2 aromatic carbocycles. The molecule has 0 spiro atoms. The summed E-state index contributed by atoms with van der Waals surface area (Å²) < 4.78 is 25.3. The number of aromatic amines is 1. The van der Waals surface area contributed by atoms with Gasteiger partial charge in [0.1, 0.15) is 0 Å². The summed E-state index contributed by atoms with van der Waals surface area (Å²) in [4.78, 5) is 16.7. The first kappa shape index (κ1) is 22.3. The van der Waals surface area contributed by atoms with Gasteiger partial charge in [0.15, 0.2) is 17.3 Å². The van der Waals surface area contributed by atoms with Crippen LogP contribution in [0.2, 0.25) is 0 Å². The number of nitrogens with zero attached hydrogens (tertiary/aromatic N) is 5. The van der Waals surface area contributed by atoms with Crippen LogP contribution in [-0.2, 0) is 10.0 Å². The Morgan fingerprint density at radius 3 is 2.50 bits per heavy atom. The molecule has 0 unspecified atom stereocenters. The number of sulfonamides is 1. The van der Waals surface area contributed by atoms with Crippen molar-refractivity contribution in [3.63, 3.8) is 0 Å². The van der Waals surface area contributed by atoms with Crippen LogP contribution < -0.4 is 5.14 Å². The highest BCUT2D eigenvalue weighted by Gasteiger charge is 2.17. The summed E-state index contributed by atoms with van der Waals surface area (Å²) in [6.07, 6.45) is 0. The second-order valence-electron chi connectivity index (χ2n) is 6.66. The lowest BCUT2D eigenvalue weighted by molar-refractivity contribution is 0.102. The second-order valence-corrected chi connectivity index (χ2v) is 10.1. The fourth-order valence-corrected chi connectivity index (χ4v) is 4.31. The van der Waals surface area contributed by atoms with E-state index in [1.807, 2.05) is 12.1 Å². The maximum Gasteiger partial charge on any atom is 0.238 e. The number of aromatic nitrogens is 6. The lowest BCUT2D eigenvalue weighted by Crippen LogP contribution is -2.12. The van der Waals surface area contributed by atoms with Crippen molar-refractivity contribution in [2.24, 2.45) is 5.14 Å². The zero-order chi connectivity index (χ0) is 22.9. The Balaban J connectivity index is 1.48. The Morgan fingerprint density at radius 1 is 1.16 bits per heavy atom. The Kier molecular flexibility index (Phi) is 6.24. The number of halogens is 1. The fourth-order valence-electron chi connectivity index (χ4n) is 2.84. The van der Waals surface area contributed by atoms with Crippen molar-refractivity contribution in [1.82, 2.24) is 30.2 Å². The van der Waals surface area contributed by atoms with Gasteiger partial charge in [-0.3, -0.25) is 9.89 Å². The zero-order valence-electron chi connectivity index (χ0n) is 16.6. The average Bonchev–Trinajstić information content (AvgIpc) is 3.38. The van der Waals surface area contributed by atoms with Gasteiger partial charge < -0.3 is 0 Å². The molecule has 13 heteroatoms. The van der Waals surface area contributed by atoms with Crippen molar-refractivity contribution in [2.45, 2.75) is 17.0 Å². The van der Waals surface area contributed by atoms with Gasteiger partial charge in [0.2, 0.25) is 15.2 Å². The Bertz CT molecular complexity index is 1380. The van der Waals surface area contributed by atoms with Gasteiger partial charge in [-0.15, -0.1) is 10.2 Å². The van der Waals surface area contributed by atoms with E-state index in [0.29, 0.717) is 33.6 Å². The lowest BCUT2D eigenvalue weighted by atomic mass is 10.2. The molecule has 0 saturated carbocycles. The molecule has 2 aromatic heterocycles. The third kappa shape index (κ3) is 4.80. The fraction of sp³-hybridized carbons (Fsp3) is 0.105. The Labute approximate surface area is 195 Å². The van der Waals surface area contributed by atoms with Crippen molar-refractivity contribution in [2.75, 3.05) is 5.75 Å². The summed E-state index contributed by atoms with van der Waals surface area (Å²) >= 11 is 4.56. The van der Waals surface area contributed by atoms with Crippen LogP contribution >= 0.6 is 27.7 Å². The normalized spacial score (nSPS) is 11.6. The highest BCUT2D eigenvalue weighted by atomic mass is 79.9. The van der Waals surface area contributed by atoms with Crippen molar-refractivity contribution < 1.29 is 13.2 Å². The van der Waals surface area contributed by atoms with E-state index < -0.39 is 10.0 Å². The third-order valence-corrected chi connectivity index (χ3v) is 6.80. The summed E-state index contributed by atoms with van der Waals surface area (Å²) in [6, 6.07) is 13.1. The maximum atomic E-state index is 12.3. The molecule has 2 heterocycles. The smallest absolute Gasteiger partial charge is 0.238 e. The third-order valence-electron chi connectivity index (χ3n) is 4.49. The summed E-state index contributed by atoms with van der Waals surface area (Å²) in [6.45, 7) is 1.80. The quantitative estimate of drug-likeness (QED) is 0.272. The SMILES string of the molecule is Cc1c(-c2nc(SCC(=O)c3ccc(Br)cc3)n[nH]2)nnn1-c1ccc(S(N)(=O)=O)cc1. The van der Waals surface area contributed by atoms with Crippen LogP contribution in [0.1, 0.15) is 16.1 Å². The highest BCUT2D eigenvalue weighted by molar-refractivity contribution is 9.10. The number of ketones is 1. The summed E-state index contributed by atoms with van der Waals surface area (Å²) in [5.74, 6) is 0.577. The van der Waals surface area contributed by atoms with E-state index in [4.69, 9.17) is 5.14 Å². The number of nitrogens with two attached hydrogens (primary N) is 1. The number of rotatable bonds is 7. The van der Waals surface area contributed by atoms with Gasteiger partial charge >= 0.3 is 0 Å². The number of nitrogens with one attached hydrogen (secondary N) is 1. The molecule has 4 aromatic rings. The van der Waals surface area contributed by atoms with Gasteiger partial charge in [0.05, 0.1) is 22.0 Å². The van der Waals surface area contributed by atoms with Crippen LogP contribution in [0.5, 0.6) is 0 Å². The monoisotopic (exact) mass is 533 g/mol.